The smallest absolute Gasteiger partial charge is 0.308 e. The van der Waals surface area contributed by atoms with E-state index in [2.05, 4.69) is 22.0 Å². The molecule has 8 nitrogen and oxygen atoms in total. The molecule has 2 N–H and O–H groups in total. The Morgan fingerprint density at radius 2 is 2.03 bits per heavy atom. The summed E-state index contributed by atoms with van der Waals surface area (Å²) in [5, 5.41) is 16.6. The lowest BCUT2D eigenvalue weighted by Gasteiger charge is -2.23. The van der Waals surface area contributed by atoms with E-state index >= 15 is 0 Å². The maximum Gasteiger partial charge on any atom is 0.308 e. The molecule has 1 aliphatic heterocycles. The van der Waals surface area contributed by atoms with E-state index in [9.17, 15) is 14.7 Å². The zero-order chi connectivity index (χ0) is 21.8. The molecule has 0 saturated carbocycles. The van der Waals surface area contributed by atoms with Gasteiger partial charge in [0.2, 0.25) is 5.60 Å². The second-order valence-electron chi connectivity index (χ2n) is 6.91. The first kappa shape index (κ1) is 20.5. The quantitative estimate of drug-likeness (QED) is 0.518. The Kier molecular flexibility index (Phi) is 5.68. The summed E-state index contributed by atoms with van der Waals surface area (Å²) in [5.41, 5.74) is 0.113. The fourth-order valence-corrected chi connectivity index (χ4v) is 4.14. The molecule has 31 heavy (non-hydrogen) atoms. The van der Waals surface area contributed by atoms with Gasteiger partial charge in [0.15, 0.2) is 5.13 Å². The maximum absolute atomic E-state index is 13.1. The number of para-hydroxylation sites is 2. The Labute approximate surface area is 181 Å². The van der Waals surface area contributed by atoms with Crippen LogP contribution in [-0.4, -0.2) is 39.9 Å². The van der Waals surface area contributed by atoms with Crippen molar-refractivity contribution in [3.05, 3.63) is 66.7 Å². The second-order valence-corrected chi connectivity index (χ2v) is 7.94. The SMILES string of the molecule is C=CCOc1ccccc1C1=NOC(CC(=O)O)(C(=O)Nc2nc3ccccc3s2)C1. The number of ether oxygens (including phenoxy) is 1. The summed E-state index contributed by atoms with van der Waals surface area (Å²) >= 11 is 1.30. The van der Waals surface area contributed by atoms with Crippen molar-refractivity contribution in [2.24, 2.45) is 5.16 Å². The van der Waals surface area contributed by atoms with Gasteiger partial charge in [0.25, 0.3) is 5.91 Å². The first-order valence-corrected chi connectivity index (χ1v) is 10.3. The largest absolute Gasteiger partial charge is 0.489 e. The van der Waals surface area contributed by atoms with Gasteiger partial charge in [0, 0.05) is 12.0 Å². The number of thiazole rings is 1. The van der Waals surface area contributed by atoms with E-state index in [1.165, 1.54) is 11.3 Å². The lowest BCUT2D eigenvalue weighted by atomic mass is 9.90. The number of nitrogens with zero attached hydrogens (tertiary/aromatic N) is 2. The van der Waals surface area contributed by atoms with Crippen LogP contribution in [0.2, 0.25) is 0 Å². The van der Waals surface area contributed by atoms with Gasteiger partial charge >= 0.3 is 5.97 Å². The second kappa shape index (κ2) is 8.57. The van der Waals surface area contributed by atoms with Gasteiger partial charge in [-0.2, -0.15) is 0 Å². The van der Waals surface area contributed by atoms with Crippen LogP contribution in [0.4, 0.5) is 5.13 Å². The van der Waals surface area contributed by atoms with Crippen LogP contribution in [0.5, 0.6) is 5.75 Å². The third-order valence-electron chi connectivity index (χ3n) is 4.70. The van der Waals surface area contributed by atoms with E-state index < -0.39 is 23.9 Å². The molecule has 9 heteroatoms. The predicted molar refractivity (Wildman–Crippen MR) is 118 cm³/mol. The number of benzene rings is 2. The molecule has 1 aromatic heterocycles. The Morgan fingerprint density at radius 3 is 2.81 bits per heavy atom. The molecule has 158 valence electrons. The predicted octanol–water partition coefficient (Wildman–Crippen LogP) is 3.84. The van der Waals surface area contributed by atoms with Crippen LogP contribution in [0.25, 0.3) is 10.2 Å². The zero-order valence-electron chi connectivity index (χ0n) is 16.4. The average molecular weight is 437 g/mol. The lowest BCUT2D eigenvalue weighted by molar-refractivity contribution is -0.152. The molecule has 0 bridgehead atoms. The van der Waals surface area contributed by atoms with Crippen molar-refractivity contribution in [2.75, 3.05) is 11.9 Å². The van der Waals surface area contributed by atoms with E-state index in [0.717, 1.165) is 10.2 Å². The average Bonchev–Trinajstić information content (AvgIpc) is 3.36. The van der Waals surface area contributed by atoms with Gasteiger partial charge in [0.1, 0.15) is 12.4 Å². The highest BCUT2D eigenvalue weighted by atomic mass is 32.1. The Bertz CT molecular complexity index is 1160. The minimum absolute atomic E-state index is 0.0233. The number of nitrogens with one attached hydrogen (secondary N) is 1. The molecule has 0 saturated heterocycles. The summed E-state index contributed by atoms with van der Waals surface area (Å²) in [6, 6.07) is 14.6. The molecule has 2 aromatic carbocycles. The minimum Gasteiger partial charge on any atom is -0.489 e. The zero-order valence-corrected chi connectivity index (χ0v) is 17.2. The van der Waals surface area contributed by atoms with Crippen molar-refractivity contribution in [2.45, 2.75) is 18.4 Å². The van der Waals surface area contributed by atoms with Crippen molar-refractivity contribution >= 4 is 44.3 Å². The molecule has 1 atom stereocenters. The molecule has 0 radical (unpaired) electrons. The molecule has 1 amide bonds. The molecular weight excluding hydrogens is 418 g/mol. The first-order chi connectivity index (χ1) is 15.0. The van der Waals surface area contributed by atoms with Gasteiger partial charge in [-0.15, -0.1) is 0 Å². The minimum atomic E-state index is -1.69. The summed E-state index contributed by atoms with van der Waals surface area (Å²) in [4.78, 5) is 34.5. The summed E-state index contributed by atoms with van der Waals surface area (Å²) < 4.78 is 6.56. The van der Waals surface area contributed by atoms with Gasteiger partial charge in [0.05, 0.1) is 22.3 Å². The topological polar surface area (TPSA) is 110 Å². The van der Waals surface area contributed by atoms with Gasteiger partial charge < -0.3 is 14.7 Å². The van der Waals surface area contributed by atoms with Crippen LogP contribution in [0.1, 0.15) is 18.4 Å². The number of hydrogen-bond donors (Lipinski definition) is 2. The van der Waals surface area contributed by atoms with Crippen LogP contribution in [0.3, 0.4) is 0 Å². The monoisotopic (exact) mass is 437 g/mol. The van der Waals surface area contributed by atoms with Crippen molar-refractivity contribution in [3.8, 4) is 5.75 Å². The normalized spacial score (nSPS) is 17.6. The van der Waals surface area contributed by atoms with Crippen LogP contribution in [0, 0.1) is 0 Å². The number of hydrogen-bond acceptors (Lipinski definition) is 7. The number of rotatable bonds is 8. The van der Waals surface area contributed by atoms with Crippen LogP contribution >= 0.6 is 11.3 Å². The van der Waals surface area contributed by atoms with E-state index in [0.29, 0.717) is 28.8 Å². The van der Waals surface area contributed by atoms with Crippen LogP contribution in [-0.2, 0) is 14.4 Å². The van der Waals surface area contributed by atoms with E-state index in [4.69, 9.17) is 9.57 Å². The maximum atomic E-state index is 13.1. The van der Waals surface area contributed by atoms with Crippen molar-refractivity contribution in [1.82, 2.24) is 4.98 Å². The number of carbonyl (C=O) groups excluding carboxylic acids is 1. The van der Waals surface area contributed by atoms with Crippen molar-refractivity contribution in [1.29, 1.82) is 0 Å². The Morgan fingerprint density at radius 1 is 1.26 bits per heavy atom. The summed E-state index contributed by atoms with van der Waals surface area (Å²) in [6.45, 7) is 3.93. The van der Waals surface area contributed by atoms with Crippen LogP contribution in [0.15, 0.2) is 66.3 Å². The van der Waals surface area contributed by atoms with Gasteiger partial charge in [-0.1, -0.05) is 53.4 Å². The van der Waals surface area contributed by atoms with Crippen LogP contribution < -0.4 is 10.1 Å². The Balaban J connectivity index is 1.59. The number of carbonyl (C=O) groups is 2. The molecule has 2 heterocycles. The summed E-state index contributed by atoms with van der Waals surface area (Å²) in [7, 11) is 0. The molecule has 0 spiro atoms. The summed E-state index contributed by atoms with van der Waals surface area (Å²) in [5.74, 6) is -1.24. The molecule has 0 aliphatic carbocycles. The van der Waals surface area contributed by atoms with E-state index in [1.807, 2.05) is 30.3 Å². The molecule has 3 aromatic rings. The van der Waals surface area contributed by atoms with Crippen molar-refractivity contribution in [3.63, 3.8) is 0 Å². The van der Waals surface area contributed by atoms with E-state index in [-0.39, 0.29) is 6.42 Å². The standard InChI is InChI=1S/C22H19N3O5S/c1-2-11-29-17-9-5-3-7-14(17)16-12-22(30-25-16,13-19(26)27)20(28)24-21-23-15-8-4-6-10-18(15)31-21/h2-10H,1,11-13H2,(H,26,27)(H,23,24,28). The fraction of sp³-hybridized carbons (Fsp3) is 0.182. The Hall–Kier alpha value is -3.72. The summed E-state index contributed by atoms with van der Waals surface area (Å²) in [6.07, 6.45) is 1.04. The number of oxime groups is 1. The number of carboxylic acids is 1. The van der Waals surface area contributed by atoms with E-state index in [1.54, 1.807) is 24.3 Å². The van der Waals surface area contributed by atoms with Gasteiger partial charge in [-0.25, -0.2) is 4.98 Å². The molecule has 1 aliphatic rings. The fourth-order valence-electron chi connectivity index (χ4n) is 3.28. The highest BCUT2D eigenvalue weighted by molar-refractivity contribution is 7.22. The van der Waals surface area contributed by atoms with Crippen molar-refractivity contribution < 1.29 is 24.3 Å². The number of aromatic nitrogens is 1. The third-order valence-corrected chi connectivity index (χ3v) is 5.66. The number of anilines is 1. The van der Waals surface area contributed by atoms with Gasteiger partial charge in [-0.05, 0) is 24.3 Å². The molecule has 0 fully saturated rings. The highest BCUT2D eigenvalue weighted by Crippen LogP contribution is 2.35. The highest BCUT2D eigenvalue weighted by Gasteiger charge is 2.49. The number of aliphatic carboxylic acids is 1. The lowest BCUT2D eigenvalue weighted by Crippen LogP contribution is -2.45. The number of fused-ring (bicyclic) bond motifs is 1. The van der Waals surface area contributed by atoms with Gasteiger partial charge in [-0.3, -0.25) is 14.9 Å². The molecule has 4 rings (SSSR count). The number of carboxylic acid groups (broad SMARTS) is 1. The molecular formula is C22H19N3O5S. The molecule has 1 unspecified atom stereocenters. The number of amides is 1. The first-order valence-electron chi connectivity index (χ1n) is 9.48. The third kappa shape index (κ3) is 4.26.